The van der Waals surface area contributed by atoms with Crippen LogP contribution in [0.2, 0.25) is 0 Å². The summed E-state index contributed by atoms with van der Waals surface area (Å²) in [5.41, 5.74) is -5.70. The van der Waals surface area contributed by atoms with E-state index in [4.69, 9.17) is 8.92 Å². The fraction of sp³-hybridized carbons (Fsp3) is 0.700. The molecule has 0 radical (unpaired) electrons. The van der Waals surface area contributed by atoms with Crippen molar-refractivity contribution in [2.24, 2.45) is 34.5 Å². The van der Waals surface area contributed by atoms with E-state index < -0.39 is 74.4 Å². The highest BCUT2D eigenvalue weighted by molar-refractivity contribution is 7.86. The molecular weight excluding hydrogens is 539 g/mol. The summed E-state index contributed by atoms with van der Waals surface area (Å²) in [6.07, 6.45) is 1.57. The Balaban J connectivity index is 1.59. The number of fused-ring (bicyclic) bond motifs is 5. The molecule has 1 aromatic carbocycles. The van der Waals surface area contributed by atoms with Crippen molar-refractivity contribution in [3.8, 4) is 0 Å². The molecule has 8 nitrogen and oxygen atoms in total. The molecule has 4 aliphatic rings. The Labute approximate surface area is 235 Å². The van der Waals surface area contributed by atoms with Crippen LogP contribution in [0.3, 0.4) is 0 Å². The number of aliphatic hydroxyl groups excluding tert-OH is 1. The third kappa shape index (κ3) is 4.11. The number of carbonyl (C=O) groups is 3. The number of Topliss-reactive ketones (excluding diaryl/α,β-unsaturated/α-hetero) is 2. The van der Waals surface area contributed by atoms with Gasteiger partial charge in [0.05, 0.1) is 17.9 Å². The maximum absolute atomic E-state index is 17.6. The molecule has 1 N–H and O–H groups in total. The van der Waals surface area contributed by atoms with Crippen LogP contribution in [0.15, 0.2) is 30.3 Å². The minimum Gasteiger partial charge on any atom is -0.446 e. The van der Waals surface area contributed by atoms with Gasteiger partial charge < -0.3 is 9.84 Å². The van der Waals surface area contributed by atoms with Crippen molar-refractivity contribution in [1.29, 1.82) is 0 Å². The maximum atomic E-state index is 17.6. The minimum absolute atomic E-state index is 0.123. The molecule has 0 saturated heterocycles. The van der Waals surface area contributed by atoms with Gasteiger partial charge >= 0.3 is 5.97 Å². The largest absolute Gasteiger partial charge is 0.446 e. The van der Waals surface area contributed by atoms with Crippen molar-refractivity contribution in [1.82, 2.24) is 0 Å². The fourth-order valence-electron chi connectivity index (χ4n) is 9.29. The topological polar surface area (TPSA) is 124 Å². The van der Waals surface area contributed by atoms with E-state index in [1.165, 1.54) is 0 Å². The number of benzene rings is 1. The predicted octanol–water partition coefficient (Wildman–Crippen LogP) is 4.05. The first-order chi connectivity index (χ1) is 18.6. The molecule has 0 amide bonds. The van der Waals surface area contributed by atoms with Crippen molar-refractivity contribution in [3.63, 3.8) is 0 Å². The summed E-state index contributed by atoms with van der Waals surface area (Å²) in [5.74, 6) is -3.18. The molecule has 0 unspecified atom stereocenters. The predicted molar refractivity (Wildman–Crippen MR) is 143 cm³/mol. The number of halogens is 1. The lowest BCUT2D eigenvalue weighted by Gasteiger charge is -2.65. The van der Waals surface area contributed by atoms with E-state index in [-0.39, 0.29) is 30.1 Å². The van der Waals surface area contributed by atoms with Crippen LogP contribution in [-0.4, -0.2) is 61.3 Å². The Morgan fingerprint density at radius 2 is 1.77 bits per heavy atom. The lowest BCUT2D eigenvalue weighted by atomic mass is 9.42. The SMILES string of the molecule is C[C@H]1C[C@H]2[C@@H]3CC[C@@H]4CC(=O)CC[C@]4(C)[C@@]3(F)[C@@H](O)C[C@]2(C)[C@@]1(OC(=O)c1ccccc1)C(=O)COS(C)(=O)=O. The van der Waals surface area contributed by atoms with Crippen molar-refractivity contribution < 1.29 is 41.2 Å². The first-order valence-corrected chi connectivity index (χ1v) is 16.0. The molecule has 0 aliphatic heterocycles. The Kier molecular flexibility index (Phi) is 7.11. The highest BCUT2D eigenvalue weighted by atomic mass is 32.2. The van der Waals surface area contributed by atoms with Crippen molar-refractivity contribution in [3.05, 3.63) is 35.9 Å². The fourth-order valence-corrected chi connectivity index (χ4v) is 9.61. The minimum atomic E-state index is -3.99. The van der Waals surface area contributed by atoms with Crippen LogP contribution >= 0.6 is 0 Å². The van der Waals surface area contributed by atoms with Crippen LogP contribution in [0.1, 0.15) is 76.1 Å². The molecule has 40 heavy (non-hydrogen) atoms. The van der Waals surface area contributed by atoms with Gasteiger partial charge in [-0.25, -0.2) is 9.18 Å². The van der Waals surface area contributed by atoms with Gasteiger partial charge in [0.1, 0.15) is 18.1 Å². The third-order valence-corrected chi connectivity index (χ3v) is 11.7. The summed E-state index contributed by atoms with van der Waals surface area (Å²) >= 11 is 0. The molecule has 4 fully saturated rings. The second-order valence-corrected chi connectivity index (χ2v) is 14.7. The average molecular weight is 579 g/mol. The van der Waals surface area contributed by atoms with Crippen LogP contribution in [0, 0.1) is 34.5 Å². The van der Waals surface area contributed by atoms with E-state index in [1.807, 2.05) is 6.92 Å². The number of esters is 1. The van der Waals surface area contributed by atoms with E-state index >= 15 is 4.39 Å². The molecular formula is C30H39FO8S. The number of ketones is 2. The number of rotatable bonds is 6. The van der Waals surface area contributed by atoms with Crippen molar-refractivity contribution in [2.45, 2.75) is 83.1 Å². The Hall–Kier alpha value is -2.17. The van der Waals surface area contributed by atoms with E-state index in [1.54, 1.807) is 44.2 Å². The summed E-state index contributed by atoms with van der Waals surface area (Å²) in [5, 5.41) is 11.7. The number of ether oxygens (including phenoxy) is 1. The summed E-state index contributed by atoms with van der Waals surface area (Å²) in [4.78, 5) is 39.8. The molecule has 0 spiro atoms. The molecule has 4 saturated carbocycles. The van der Waals surface area contributed by atoms with Gasteiger partial charge in [-0.3, -0.25) is 13.8 Å². The van der Waals surface area contributed by atoms with Crippen LogP contribution < -0.4 is 0 Å². The first kappa shape index (κ1) is 29.3. The van der Waals surface area contributed by atoms with Gasteiger partial charge in [0.15, 0.2) is 5.60 Å². The summed E-state index contributed by atoms with van der Waals surface area (Å²) in [6.45, 7) is 4.55. The molecule has 0 aromatic heterocycles. The van der Waals surface area contributed by atoms with Crippen molar-refractivity contribution >= 4 is 27.7 Å². The first-order valence-electron chi connectivity index (χ1n) is 14.1. The molecule has 0 heterocycles. The Morgan fingerprint density at radius 1 is 1.10 bits per heavy atom. The second kappa shape index (κ2) is 9.70. The van der Waals surface area contributed by atoms with Gasteiger partial charge in [-0.15, -0.1) is 0 Å². The molecule has 9 atom stereocenters. The van der Waals surface area contributed by atoms with Crippen LogP contribution in [0.5, 0.6) is 0 Å². The van der Waals surface area contributed by atoms with Crippen LogP contribution in [-0.2, 0) is 28.6 Å². The number of carbonyl (C=O) groups excluding carboxylic acids is 3. The molecule has 5 rings (SSSR count). The number of hydrogen-bond acceptors (Lipinski definition) is 8. The average Bonchev–Trinajstić information content (AvgIpc) is 3.10. The normalized spacial score (nSPS) is 42.9. The quantitative estimate of drug-likeness (QED) is 0.396. The van der Waals surface area contributed by atoms with Gasteiger partial charge in [0.25, 0.3) is 10.1 Å². The van der Waals surface area contributed by atoms with Crippen LogP contribution in [0.4, 0.5) is 4.39 Å². The van der Waals surface area contributed by atoms with Gasteiger partial charge in [-0.1, -0.05) is 39.0 Å². The molecule has 220 valence electrons. The zero-order chi connectivity index (χ0) is 29.3. The third-order valence-electron chi connectivity index (χ3n) is 11.2. The van der Waals surface area contributed by atoms with Gasteiger partial charge in [-0.2, -0.15) is 8.42 Å². The van der Waals surface area contributed by atoms with Gasteiger partial charge in [0.2, 0.25) is 5.78 Å². The number of alkyl halides is 1. The smallest absolute Gasteiger partial charge is 0.339 e. The molecule has 10 heteroatoms. The Bertz CT molecular complexity index is 1320. The zero-order valence-corrected chi connectivity index (χ0v) is 24.3. The molecule has 1 aromatic rings. The highest BCUT2D eigenvalue weighted by Gasteiger charge is 2.77. The van der Waals surface area contributed by atoms with Crippen LogP contribution in [0.25, 0.3) is 0 Å². The van der Waals surface area contributed by atoms with E-state index in [2.05, 4.69) is 0 Å². The molecule has 0 bridgehead atoms. The highest BCUT2D eigenvalue weighted by Crippen LogP contribution is 2.72. The number of aliphatic hydroxyl groups is 1. The standard InChI is InChI=1S/C30H39FO8S/c1-18-14-23-22-11-10-20-15-21(32)12-13-27(20,2)29(22,31)24(33)16-28(23,3)30(18,25(34)17-38-40(4,36)37)39-26(35)19-8-6-5-7-9-19/h5-9,18,20,22-24,33H,10-17H2,1-4H3/t18-,20+,22-,23-,24-,27-,28-,29-,30-/m0/s1. The Morgan fingerprint density at radius 3 is 2.42 bits per heavy atom. The lowest BCUT2D eigenvalue weighted by molar-refractivity contribution is -0.254. The second-order valence-electron chi connectivity index (χ2n) is 13.1. The number of hydrogen-bond donors (Lipinski definition) is 1. The molecule has 4 aliphatic carbocycles. The van der Waals surface area contributed by atoms with Gasteiger partial charge in [0, 0.05) is 29.6 Å². The summed E-state index contributed by atoms with van der Waals surface area (Å²) < 4.78 is 52.3. The van der Waals surface area contributed by atoms with Gasteiger partial charge in [-0.05, 0) is 62.0 Å². The summed E-state index contributed by atoms with van der Waals surface area (Å²) in [7, 11) is -3.99. The lowest BCUT2D eigenvalue weighted by Crippen LogP contribution is -2.71. The maximum Gasteiger partial charge on any atom is 0.339 e. The van der Waals surface area contributed by atoms with E-state index in [9.17, 15) is 27.9 Å². The van der Waals surface area contributed by atoms with E-state index in [0.717, 1.165) is 6.26 Å². The van der Waals surface area contributed by atoms with Crippen molar-refractivity contribution in [2.75, 3.05) is 12.9 Å². The summed E-state index contributed by atoms with van der Waals surface area (Å²) in [6, 6.07) is 8.18. The zero-order valence-electron chi connectivity index (χ0n) is 23.5. The monoisotopic (exact) mass is 578 g/mol. The van der Waals surface area contributed by atoms with E-state index in [0.29, 0.717) is 32.1 Å².